The summed E-state index contributed by atoms with van der Waals surface area (Å²) in [4.78, 5) is 29.5. The van der Waals surface area contributed by atoms with Crippen molar-refractivity contribution in [2.45, 2.75) is 23.4 Å². The number of carbonyl (C=O) groups is 1. The van der Waals surface area contributed by atoms with Crippen LogP contribution in [0.15, 0.2) is 64.5 Å². The van der Waals surface area contributed by atoms with Gasteiger partial charge in [0, 0.05) is 13.2 Å². The van der Waals surface area contributed by atoms with Crippen molar-refractivity contribution in [3.8, 4) is 0 Å². The lowest BCUT2D eigenvalue weighted by atomic mass is 10.1. The predicted octanol–water partition coefficient (Wildman–Crippen LogP) is 2.10. The molecule has 0 saturated carbocycles. The number of para-hydroxylation sites is 1. The summed E-state index contributed by atoms with van der Waals surface area (Å²) < 4.78 is 1.50. The van der Waals surface area contributed by atoms with E-state index in [1.165, 1.54) is 4.57 Å². The molecular formula is C19H19N3O3S. The topological polar surface area (TPSA) is 98.2 Å². The first kappa shape index (κ1) is 18.2. The lowest BCUT2D eigenvalue weighted by molar-refractivity contribution is -0.117. The molecule has 1 heterocycles. The number of rotatable bonds is 7. The smallest absolute Gasteiger partial charge is 0.262 e. The van der Waals surface area contributed by atoms with E-state index in [0.717, 1.165) is 17.3 Å². The number of aliphatic hydroxyl groups is 1. The standard InChI is InChI=1S/C19H19N3O3S/c20-17(24)16(13-7-2-1-3-8-13)26-19-21-15-10-5-4-9-14(15)18(25)22(19)11-6-12-23/h1-5,7-10,16,23H,6,11-12H2,(H2,20,24). The summed E-state index contributed by atoms with van der Waals surface area (Å²) in [6.07, 6.45) is 0.417. The Bertz CT molecular complexity index is 973. The van der Waals surface area contributed by atoms with E-state index in [4.69, 9.17) is 10.8 Å². The minimum atomic E-state index is -0.662. The van der Waals surface area contributed by atoms with Gasteiger partial charge in [-0.15, -0.1) is 0 Å². The maximum atomic E-state index is 12.9. The molecule has 1 amide bonds. The Morgan fingerprint density at radius 1 is 1.15 bits per heavy atom. The fourth-order valence-electron chi connectivity index (χ4n) is 2.69. The molecule has 0 aliphatic carbocycles. The first-order valence-electron chi connectivity index (χ1n) is 8.23. The number of nitrogens with zero attached hydrogens (tertiary/aromatic N) is 2. The van der Waals surface area contributed by atoms with E-state index in [1.54, 1.807) is 18.2 Å². The fraction of sp³-hybridized carbons (Fsp3) is 0.211. The molecule has 6 nitrogen and oxygen atoms in total. The molecule has 3 N–H and O–H groups in total. The molecule has 0 spiro atoms. The maximum Gasteiger partial charge on any atom is 0.262 e. The average Bonchev–Trinajstić information content (AvgIpc) is 2.66. The van der Waals surface area contributed by atoms with E-state index in [9.17, 15) is 9.59 Å². The molecule has 0 fully saturated rings. The SMILES string of the molecule is NC(=O)C(Sc1nc2ccccc2c(=O)n1CCCO)c1ccccc1. The zero-order chi connectivity index (χ0) is 18.5. The average molecular weight is 369 g/mol. The van der Waals surface area contributed by atoms with E-state index in [1.807, 2.05) is 36.4 Å². The summed E-state index contributed by atoms with van der Waals surface area (Å²) in [5.74, 6) is -0.502. The largest absolute Gasteiger partial charge is 0.396 e. The van der Waals surface area contributed by atoms with Crippen LogP contribution in [0.4, 0.5) is 0 Å². The number of fused-ring (bicyclic) bond motifs is 1. The number of primary amides is 1. The summed E-state index contributed by atoms with van der Waals surface area (Å²) in [6.45, 7) is 0.275. The molecule has 134 valence electrons. The van der Waals surface area contributed by atoms with Crippen LogP contribution in [0.2, 0.25) is 0 Å². The molecule has 0 aliphatic heterocycles. The van der Waals surface area contributed by atoms with Gasteiger partial charge in [-0.2, -0.15) is 0 Å². The summed E-state index contributed by atoms with van der Waals surface area (Å²) in [5, 5.41) is 9.41. The number of carbonyl (C=O) groups excluding carboxylic acids is 1. The van der Waals surface area contributed by atoms with Crippen LogP contribution in [0, 0.1) is 0 Å². The number of hydrogen-bond donors (Lipinski definition) is 2. The van der Waals surface area contributed by atoms with Crippen molar-refractivity contribution < 1.29 is 9.90 Å². The number of amides is 1. The van der Waals surface area contributed by atoms with Gasteiger partial charge in [0.25, 0.3) is 5.56 Å². The van der Waals surface area contributed by atoms with E-state index in [0.29, 0.717) is 29.0 Å². The fourth-order valence-corrected chi connectivity index (χ4v) is 3.76. The first-order chi connectivity index (χ1) is 12.6. The number of thioether (sulfide) groups is 1. The van der Waals surface area contributed by atoms with Crippen molar-refractivity contribution >= 4 is 28.6 Å². The van der Waals surface area contributed by atoms with Crippen molar-refractivity contribution in [2.24, 2.45) is 5.73 Å². The third-order valence-electron chi connectivity index (χ3n) is 3.95. The summed E-state index contributed by atoms with van der Waals surface area (Å²) in [5.41, 5.74) is 6.73. The summed E-state index contributed by atoms with van der Waals surface area (Å²) >= 11 is 1.15. The van der Waals surface area contributed by atoms with Crippen LogP contribution in [0.25, 0.3) is 10.9 Å². The van der Waals surface area contributed by atoms with Gasteiger partial charge in [-0.25, -0.2) is 4.98 Å². The zero-order valence-corrected chi connectivity index (χ0v) is 14.9. The third-order valence-corrected chi connectivity index (χ3v) is 5.21. The van der Waals surface area contributed by atoms with Gasteiger partial charge in [0.15, 0.2) is 5.16 Å². The van der Waals surface area contributed by atoms with Crippen molar-refractivity contribution in [1.29, 1.82) is 0 Å². The summed E-state index contributed by atoms with van der Waals surface area (Å²) in [7, 11) is 0. The van der Waals surface area contributed by atoms with Crippen LogP contribution < -0.4 is 11.3 Å². The second kappa shape index (κ2) is 8.16. The lowest BCUT2D eigenvalue weighted by Gasteiger charge is -2.17. The molecule has 0 saturated heterocycles. The Hall–Kier alpha value is -2.64. The van der Waals surface area contributed by atoms with Gasteiger partial charge in [-0.1, -0.05) is 54.2 Å². The Labute approximate surface area is 154 Å². The molecule has 1 atom stereocenters. The van der Waals surface area contributed by atoms with Gasteiger partial charge >= 0.3 is 0 Å². The highest BCUT2D eigenvalue weighted by Gasteiger charge is 2.23. The van der Waals surface area contributed by atoms with E-state index in [-0.39, 0.29) is 12.2 Å². The molecule has 1 aromatic heterocycles. The van der Waals surface area contributed by atoms with Crippen LogP contribution in [0.3, 0.4) is 0 Å². The van der Waals surface area contributed by atoms with Crippen LogP contribution in [-0.2, 0) is 11.3 Å². The lowest BCUT2D eigenvalue weighted by Crippen LogP contribution is -2.26. The van der Waals surface area contributed by atoms with Gasteiger partial charge in [0.2, 0.25) is 5.91 Å². The minimum absolute atomic E-state index is 0.0404. The monoisotopic (exact) mass is 369 g/mol. The molecule has 26 heavy (non-hydrogen) atoms. The zero-order valence-electron chi connectivity index (χ0n) is 14.0. The Kier molecular flexibility index (Phi) is 5.70. The number of aliphatic hydroxyl groups excluding tert-OH is 1. The van der Waals surface area contributed by atoms with Crippen molar-refractivity contribution in [3.05, 3.63) is 70.5 Å². The number of hydrogen-bond acceptors (Lipinski definition) is 5. The summed E-state index contributed by atoms with van der Waals surface area (Å²) in [6, 6.07) is 16.2. The highest BCUT2D eigenvalue weighted by Crippen LogP contribution is 2.34. The molecule has 3 aromatic rings. The van der Waals surface area contributed by atoms with Gasteiger partial charge in [0.1, 0.15) is 5.25 Å². The molecule has 7 heteroatoms. The molecule has 0 bridgehead atoms. The van der Waals surface area contributed by atoms with Crippen LogP contribution in [-0.4, -0.2) is 27.2 Å². The maximum absolute atomic E-state index is 12.9. The quantitative estimate of drug-likeness (QED) is 0.491. The number of aromatic nitrogens is 2. The molecule has 0 aliphatic rings. The number of nitrogens with two attached hydrogens (primary N) is 1. The molecule has 0 radical (unpaired) electrons. The van der Waals surface area contributed by atoms with Gasteiger partial charge < -0.3 is 10.8 Å². The normalized spacial score (nSPS) is 12.2. The molecule has 2 aromatic carbocycles. The first-order valence-corrected chi connectivity index (χ1v) is 9.11. The van der Waals surface area contributed by atoms with Gasteiger partial charge in [-0.05, 0) is 24.1 Å². The van der Waals surface area contributed by atoms with Crippen molar-refractivity contribution in [3.63, 3.8) is 0 Å². The predicted molar refractivity (Wildman–Crippen MR) is 102 cm³/mol. The van der Waals surface area contributed by atoms with Crippen LogP contribution >= 0.6 is 11.8 Å². The Morgan fingerprint density at radius 2 is 1.85 bits per heavy atom. The van der Waals surface area contributed by atoms with Gasteiger partial charge in [0.05, 0.1) is 10.9 Å². The van der Waals surface area contributed by atoms with E-state index in [2.05, 4.69) is 4.98 Å². The Morgan fingerprint density at radius 3 is 2.54 bits per heavy atom. The third kappa shape index (κ3) is 3.79. The van der Waals surface area contributed by atoms with Crippen LogP contribution in [0.5, 0.6) is 0 Å². The van der Waals surface area contributed by atoms with Crippen LogP contribution in [0.1, 0.15) is 17.2 Å². The van der Waals surface area contributed by atoms with E-state index < -0.39 is 11.2 Å². The molecule has 3 rings (SSSR count). The van der Waals surface area contributed by atoms with Crippen molar-refractivity contribution in [1.82, 2.24) is 9.55 Å². The highest BCUT2D eigenvalue weighted by molar-refractivity contribution is 8.00. The van der Waals surface area contributed by atoms with Crippen molar-refractivity contribution in [2.75, 3.05) is 6.61 Å². The second-order valence-electron chi connectivity index (χ2n) is 5.76. The number of benzene rings is 2. The van der Waals surface area contributed by atoms with Gasteiger partial charge in [-0.3, -0.25) is 14.2 Å². The Balaban J connectivity index is 2.10. The molecule has 1 unspecified atom stereocenters. The molecular weight excluding hydrogens is 350 g/mol. The van der Waals surface area contributed by atoms with E-state index >= 15 is 0 Å². The second-order valence-corrected chi connectivity index (χ2v) is 6.83. The minimum Gasteiger partial charge on any atom is -0.396 e. The highest BCUT2D eigenvalue weighted by atomic mass is 32.2.